The summed E-state index contributed by atoms with van der Waals surface area (Å²) in [5, 5.41) is 0. The molecule has 1 heterocycles. The first-order chi connectivity index (χ1) is 8.65. The second-order valence-electron chi connectivity index (χ2n) is 5.86. The number of hydrogen-bond donors (Lipinski definition) is 0. The zero-order valence-corrected chi connectivity index (χ0v) is 12.5. The predicted molar refractivity (Wildman–Crippen MR) is 71.7 cm³/mol. The van der Waals surface area contributed by atoms with Crippen molar-refractivity contribution in [3.8, 4) is 0 Å². The number of hydrogen-bond acceptors (Lipinski definition) is 4. The highest BCUT2D eigenvalue weighted by atomic mass is 16.6. The second-order valence-corrected chi connectivity index (χ2v) is 5.86. The van der Waals surface area contributed by atoms with E-state index in [1.807, 2.05) is 34.6 Å². The predicted octanol–water partition coefficient (Wildman–Crippen LogP) is 2.50. The molecule has 5 nitrogen and oxygen atoms in total. The average molecular weight is 269 g/mol. The summed E-state index contributed by atoms with van der Waals surface area (Å²) < 4.78 is 10.1. The lowest BCUT2D eigenvalue weighted by Gasteiger charge is -2.38. The van der Waals surface area contributed by atoms with Crippen molar-refractivity contribution in [3.05, 3.63) is 11.6 Å². The molecule has 108 valence electrons. The van der Waals surface area contributed by atoms with Crippen LogP contribution in [-0.2, 0) is 14.3 Å². The summed E-state index contributed by atoms with van der Waals surface area (Å²) in [4.78, 5) is 25.3. The van der Waals surface area contributed by atoms with Crippen molar-refractivity contribution >= 4 is 12.1 Å². The maximum absolute atomic E-state index is 12.1. The van der Waals surface area contributed by atoms with E-state index in [1.165, 1.54) is 7.11 Å². The van der Waals surface area contributed by atoms with E-state index in [2.05, 4.69) is 0 Å². The molecule has 0 bridgehead atoms. The summed E-state index contributed by atoms with van der Waals surface area (Å²) in [6, 6.07) is -0.281. The molecule has 19 heavy (non-hydrogen) atoms. The van der Waals surface area contributed by atoms with Gasteiger partial charge in [0.05, 0.1) is 13.2 Å². The van der Waals surface area contributed by atoms with Gasteiger partial charge in [0, 0.05) is 11.6 Å². The molecule has 1 aliphatic heterocycles. The van der Waals surface area contributed by atoms with Crippen LogP contribution in [0.1, 0.15) is 41.0 Å². The first-order valence-corrected chi connectivity index (χ1v) is 6.46. The minimum absolute atomic E-state index is 0.0936. The van der Waals surface area contributed by atoms with Crippen LogP contribution >= 0.6 is 0 Å². The molecule has 0 saturated carbocycles. The van der Waals surface area contributed by atoms with Crippen molar-refractivity contribution in [1.29, 1.82) is 0 Å². The SMILES string of the molecule is COC(=O)C1=C[C@@H](C)N(C(=O)OC(C)(C)C)[C@H](C)C1. The number of carbonyl (C=O) groups is 2. The number of esters is 1. The lowest BCUT2D eigenvalue weighted by molar-refractivity contribution is -0.136. The second kappa shape index (κ2) is 5.63. The maximum Gasteiger partial charge on any atom is 0.411 e. The van der Waals surface area contributed by atoms with Gasteiger partial charge < -0.3 is 9.47 Å². The van der Waals surface area contributed by atoms with Crippen LogP contribution in [0.4, 0.5) is 4.79 Å². The summed E-state index contributed by atoms with van der Waals surface area (Å²) >= 11 is 0. The lowest BCUT2D eigenvalue weighted by Crippen LogP contribution is -2.49. The number of rotatable bonds is 1. The summed E-state index contributed by atoms with van der Waals surface area (Å²) in [6.45, 7) is 9.26. The Morgan fingerprint density at radius 3 is 2.32 bits per heavy atom. The number of amides is 1. The van der Waals surface area contributed by atoms with E-state index in [1.54, 1.807) is 11.0 Å². The van der Waals surface area contributed by atoms with Gasteiger partial charge in [-0.3, -0.25) is 4.90 Å². The Labute approximate surface area is 114 Å². The third-order valence-electron chi connectivity index (χ3n) is 2.92. The molecule has 0 radical (unpaired) electrons. The van der Waals surface area contributed by atoms with Crippen molar-refractivity contribution < 1.29 is 19.1 Å². The molecule has 0 aromatic carbocycles. The molecule has 1 rings (SSSR count). The van der Waals surface area contributed by atoms with Gasteiger partial charge in [-0.25, -0.2) is 9.59 Å². The van der Waals surface area contributed by atoms with Crippen LogP contribution < -0.4 is 0 Å². The van der Waals surface area contributed by atoms with E-state index < -0.39 is 5.60 Å². The highest BCUT2D eigenvalue weighted by molar-refractivity contribution is 5.89. The Morgan fingerprint density at radius 2 is 1.89 bits per heavy atom. The highest BCUT2D eigenvalue weighted by Crippen LogP contribution is 2.25. The number of ether oxygens (including phenoxy) is 2. The molecule has 0 unspecified atom stereocenters. The molecule has 0 aliphatic carbocycles. The molecule has 0 aromatic heterocycles. The fraction of sp³-hybridized carbons (Fsp3) is 0.714. The minimum atomic E-state index is -0.525. The monoisotopic (exact) mass is 269 g/mol. The average Bonchev–Trinajstić information content (AvgIpc) is 2.24. The van der Waals surface area contributed by atoms with E-state index in [-0.39, 0.29) is 24.1 Å². The largest absolute Gasteiger partial charge is 0.466 e. The summed E-state index contributed by atoms with van der Waals surface area (Å²) in [6.07, 6.45) is 1.89. The fourth-order valence-electron chi connectivity index (χ4n) is 2.20. The van der Waals surface area contributed by atoms with Crippen molar-refractivity contribution in [2.75, 3.05) is 7.11 Å². The van der Waals surface area contributed by atoms with Gasteiger partial charge >= 0.3 is 12.1 Å². The molecule has 1 aliphatic rings. The van der Waals surface area contributed by atoms with Crippen LogP contribution in [0.3, 0.4) is 0 Å². The highest BCUT2D eigenvalue weighted by Gasteiger charge is 2.34. The molecular formula is C14H23NO4. The van der Waals surface area contributed by atoms with Crippen LogP contribution in [0.15, 0.2) is 11.6 Å². The van der Waals surface area contributed by atoms with Crippen molar-refractivity contribution in [2.24, 2.45) is 0 Å². The third kappa shape index (κ3) is 3.98. The molecular weight excluding hydrogens is 246 g/mol. The van der Waals surface area contributed by atoms with Crippen molar-refractivity contribution in [3.63, 3.8) is 0 Å². The Kier molecular flexibility index (Phi) is 4.61. The number of carbonyl (C=O) groups excluding carboxylic acids is 2. The fourth-order valence-corrected chi connectivity index (χ4v) is 2.20. The minimum Gasteiger partial charge on any atom is -0.466 e. The maximum atomic E-state index is 12.1. The summed E-state index contributed by atoms with van der Waals surface area (Å²) in [5.74, 6) is -0.331. The van der Waals surface area contributed by atoms with E-state index in [0.29, 0.717) is 12.0 Å². The van der Waals surface area contributed by atoms with E-state index in [4.69, 9.17) is 9.47 Å². The molecule has 5 heteroatoms. The first-order valence-electron chi connectivity index (χ1n) is 6.46. The van der Waals surface area contributed by atoms with E-state index in [0.717, 1.165) is 0 Å². The van der Waals surface area contributed by atoms with Crippen LogP contribution in [0.2, 0.25) is 0 Å². The van der Waals surface area contributed by atoms with Gasteiger partial charge in [0.25, 0.3) is 0 Å². The Balaban J connectivity index is 2.86. The van der Waals surface area contributed by atoms with Gasteiger partial charge in [0.1, 0.15) is 5.60 Å². The molecule has 2 atom stereocenters. The van der Waals surface area contributed by atoms with Crippen LogP contribution in [-0.4, -0.2) is 41.8 Å². The molecule has 0 saturated heterocycles. The Bertz CT molecular complexity index is 395. The van der Waals surface area contributed by atoms with Gasteiger partial charge in [-0.1, -0.05) is 6.08 Å². The zero-order valence-electron chi connectivity index (χ0n) is 12.5. The third-order valence-corrected chi connectivity index (χ3v) is 2.92. The van der Waals surface area contributed by atoms with Gasteiger partial charge in [-0.2, -0.15) is 0 Å². The van der Waals surface area contributed by atoms with Crippen LogP contribution in [0.5, 0.6) is 0 Å². The van der Waals surface area contributed by atoms with E-state index in [9.17, 15) is 9.59 Å². The lowest BCUT2D eigenvalue weighted by atomic mass is 9.97. The quantitative estimate of drug-likeness (QED) is 0.686. The molecule has 0 fully saturated rings. The summed E-state index contributed by atoms with van der Waals surface area (Å²) in [7, 11) is 1.36. The van der Waals surface area contributed by atoms with Gasteiger partial charge in [-0.05, 0) is 41.0 Å². The standard InChI is InChI=1S/C14H23NO4/c1-9-7-11(12(16)18-6)8-10(2)15(9)13(17)19-14(3,4)5/h7,9-10H,8H2,1-6H3/t9-,10-/m1/s1. The van der Waals surface area contributed by atoms with E-state index >= 15 is 0 Å². The molecule has 0 aromatic rings. The van der Waals surface area contributed by atoms with Gasteiger partial charge in [-0.15, -0.1) is 0 Å². The van der Waals surface area contributed by atoms with Crippen molar-refractivity contribution in [1.82, 2.24) is 4.90 Å². The normalized spacial score (nSPS) is 23.7. The topological polar surface area (TPSA) is 55.8 Å². The first kappa shape index (κ1) is 15.5. The number of methoxy groups -OCH3 is 1. The Hall–Kier alpha value is -1.52. The van der Waals surface area contributed by atoms with Gasteiger partial charge in [0.2, 0.25) is 0 Å². The van der Waals surface area contributed by atoms with Gasteiger partial charge in [0.15, 0.2) is 0 Å². The summed E-state index contributed by atoms with van der Waals surface area (Å²) in [5.41, 5.74) is 0.0883. The Morgan fingerprint density at radius 1 is 1.32 bits per heavy atom. The molecule has 0 N–H and O–H groups in total. The zero-order chi connectivity index (χ0) is 14.8. The van der Waals surface area contributed by atoms with Crippen molar-refractivity contribution in [2.45, 2.75) is 58.7 Å². The van der Waals surface area contributed by atoms with Crippen LogP contribution in [0, 0.1) is 0 Å². The van der Waals surface area contributed by atoms with Crippen LogP contribution in [0.25, 0.3) is 0 Å². The molecule has 0 spiro atoms. The molecule has 1 amide bonds. The number of nitrogens with zero attached hydrogens (tertiary/aromatic N) is 1. The smallest absolute Gasteiger partial charge is 0.411 e.